The monoisotopic (exact) mass is 342 g/mol. The van der Waals surface area contributed by atoms with Crippen molar-refractivity contribution < 1.29 is 9.26 Å². The fourth-order valence-corrected chi connectivity index (χ4v) is 3.33. The van der Waals surface area contributed by atoms with Gasteiger partial charge in [0.25, 0.3) is 0 Å². The van der Waals surface area contributed by atoms with Gasteiger partial charge in [0.05, 0.1) is 18.3 Å². The maximum atomic E-state index is 5.75. The molecule has 0 spiro atoms. The van der Waals surface area contributed by atoms with Crippen LogP contribution in [-0.2, 0) is 6.54 Å². The molecular weight excluding hydrogens is 312 g/mol. The number of rotatable bonds is 8. The van der Waals surface area contributed by atoms with Crippen LogP contribution < -0.4 is 4.74 Å². The lowest BCUT2D eigenvalue weighted by molar-refractivity contribution is 0.206. The molecule has 1 saturated heterocycles. The first-order valence-electron chi connectivity index (χ1n) is 9.59. The summed E-state index contributed by atoms with van der Waals surface area (Å²) in [6.45, 7) is 9.33. The van der Waals surface area contributed by atoms with Crippen LogP contribution in [0.4, 0.5) is 0 Å². The van der Waals surface area contributed by atoms with Gasteiger partial charge in [-0.2, -0.15) is 0 Å². The molecule has 1 atom stereocenters. The van der Waals surface area contributed by atoms with Crippen LogP contribution in [0, 0.1) is 0 Å². The lowest BCUT2D eigenvalue weighted by atomic mass is 10.1. The summed E-state index contributed by atoms with van der Waals surface area (Å²) in [6, 6.07) is 11.0. The molecule has 1 fully saturated rings. The lowest BCUT2D eigenvalue weighted by Crippen LogP contribution is -2.22. The average Bonchev–Trinajstić information content (AvgIpc) is 3.25. The first kappa shape index (κ1) is 18.0. The maximum absolute atomic E-state index is 5.75. The quantitative estimate of drug-likeness (QED) is 0.609. The van der Waals surface area contributed by atoms with Gasteiger partial charge in [-0.3, -0.25) is 4.90 Å². The van der Waals surface area contributed by atoms with Gasteiger partial charge >= 0.3 is 0 Å². The van der Waals surface area contributed by atoms with E-state index in [1.807, 2.05) is 0 Å². The molecule has 0 bridgehead atoms. The number of ether oxygens (including phenoxy) is 1. The standard InChI is InChI=1S/C21H30N2O2/c1-4-5-13-24-18-10-8-17(9-11-18)15-23-12-6-7-20(23)21-14-19(16(2)3)22-25-21/h8-11,14,16,20H,4-7,12-13,15H2,1-3H3/t20-/m1/s1. The highest BCUT2D eigenvalue weighted by atomic mass is 16.5. The van der Waals surface area contributed by atoms with Crippen molar-refractivity contribution in [3.63, 3.8) is 0 Å². The molecule has 136 valence electrons. The fraction of sp³-hybridized carbons (Fsp3) is 0.571. The van der Waals surface area contributed by atoms with Crippen molar-refractivity contribution in [1.29, 1.82) is 0 Å². The Morgan fingerprint density at radius 1 is 1.28 bits per heavy atom. The fourth-order valence-electron chi connectivity index (χ4n) is 3.33. The molecule has 1 aromatic carbocycles. The number of hydrogen-bond acceptors (Lipinski definition) is 4. The van der Waals surface area contributed by atoms with E-state index in [-0.39, 0.29) is 0 Å². The summed E-state index contributed by atoms with van der Waals surface area (Å²) >= 11 is 0. The molecule has 0 unspecified atom stereocenters. The molecule has 0 aliphatic carbocycles. The molecule has 25 heavy (non-hydrogen) atoms. The van der Waals surface area contributed by atoms with E-state index in [1.165, 1.54) is 12.0 Å². The van der Waals surface area contributed by atoms with E-state index >= 15 is 0 Å². The molecule has 3 rings (SSSR count). The Morgan fingerprint density at radius 3 is 2.76 bits per heavy atom. The van der Waals surface area contributed by atoms with Crippen molar-refractivity contribution in [1.82, 2.24) is 10.1 Å². The third kappa shape index (κ3) is 4.63. The zero-order chi connectivity index (χ0) is 17.6. The third-order valence-corrected chi connectivity index (χ3v) is 4.91. The van der Waals surface area contributed by atoms with Gasteiger partial charge < -0.3 is 9.26 Å². The minimum Gasteiger partial charge on any atom is -0.494 e. The van der Waals surface area contributed by atoms with Crippen molar-refractivity contribution >= 4 is 0 Å². The molecule has 1 aromatic heterocycles. The van der Waals surface area contributed by atoms with Crippen molar-refractivity contribution in [2.24, 2.45) is 0 Å². The normalized spacial score (nSPS) is 18.2. The second kappa shape index (κ2) is 8.52. The highest BCUT2D eigenvalue weighted by Gasteiger charge is 2.29. The van der Waals surface area contributed by atoms with Crippen LogP contribution in [0.3, 0.4) is 0 Å². The molecule has 4 heteroatoms. The molecule has 0 N–H and O–H groups in total. The van der Waals surface area contributed by atoms with Gasteiger partial charge in [-0.1, -0.05) is 44.5 Å². The Hall–Kier alpha value is -1.81. The summed E-state index contributed by atoms with van der Waals surface area (Å²) in [6.07, 6.45) is 4.62. The van der Waals surface area contributed by atoms with Gasteiger partial charge in [0, 0.05) is 12.6 Å². The zero-order valence-corrected chi connectivity index (χ0v) is 15.7. The van der Waals surface area contributed by atoms with Gasteiger partial charge in [-0.25, -0.2) is 0 Å². The number of likely N-dealkylation sites (tertiary alicyclic amines) is 1. The second-order valence-corrected chi connectivity index (χ2v) is 7.28. The Kier molecular flexibility index (Phi) is 6.14. The number of aromatic nitrogens is 1. The Bertz CT molecular complexity index is 648. The molecule has 2 heterocycles. The minimum absolute atomic E-state index is 0.348. The Morgan fingerprint density at radius 2 is 2.08 bits per heavy atom. The predicted octanol–water partition coefficient (Wildman–Crippen LogP) is 5.31. The molecular formula is C21H30N2O2. The van der Waals surface area contributed by atoms with Crippen molar-refractivity contribution in [3.05, 3.63) is 47.3 Å². The van der Waals surface area contributed by atoms with Crippen LogP contribution in [0.5, 0.6) is 5.75 Å². The molecule has 1 aliphatic rings. The lowest BCUT2D eigenvalue weighted by Gasteiger charge is -2.22. The van der Waals surface area contributed by atoms with Crippen molar-refractivity contribution in [3.8, 4) is 5.75 Å². The van der Waals surface area contributed by atoms with E-state index in [9.17, 15) is 0 Å². The van der Waals surface area contributed by atoms with E-state index in [1.54, 1.807) is 0 Å². The highest BCUT2D eigenvalue weighted by Crippen LogP contribution is 2.34. The Balaban J connectivity index is 1.61. The topological polar surface area (TPSA) is 38.5 Å². The van der Waals surface area contributed by atoms with E-state index in [0.717, 1.165) is 56.2 Å². The van der Waals surface area contributed by atoms with Gasteiger partial charge in [-0.05, 0) is 49.4 Å². The van der Waals surface area contributed by atoms with Gasteiger partial charge in [0.2, 0.25) is 0 Å². The number of nitrogens with zero attached hydrogens (tertiary/aromatic N) is 2. The summed E-state index contributed by atoms with van der Waals surface area (Å²) in [5.74, 6) is 2.39. The SMILES string of the molecule is CCCCOc1ccc(CN2CCC[C@@H]2c2cc(C(C)C)no2)cc1. The first-order chi connectivity index (χ1) is 12.2. The predicted molar refractivity (Wildman–Crippen MR) is 99.8 cm³/mol. The summed E-state index contributed by atoms with van der Waals surface area (Å²) in [5, 5.41) is 4.23. The van der Waals surface area contributed by atoms with Gasteiger partial charge in [0.1, 0.15) is 5.75 Å². The zero-order valence-electron chi connectivity index (χ0n) is 15.7. The van der Waals surface area contributed by atoms with Crippen LogP contribution >= 0.6 is 0 Å². The molecule has 0 radical (unpaired) electrons. The molecule has 0 amide bonds. The van der Waals surface area contributed by atoms with E-state index in [2.05, 4.69) is 61.2 Å². The highest BCUT2D eigenvalue weighted by molar-refractivity contribution is 5.27. The summed E-state index contributed by atoms with van der Waals surface area (Å²) in [5.41, 5.74) is 2.37. The molecule has 4 nitrogen and oxygen atoms in total. The van der Waals surface area contributed by atoms with Crippen molar-refractivity contribution in [2.75, 3.05) is 13.2 Å². The molecule has 0 saturated carbocycles. The summed E-state index contributed by atoms with van der Waals surface area (Å²) in [7, 11) is 0. The van der Waals surface area contributed by atoms with Crippen LogP contribution in [-0.4, -0.2) is 23.2 Å². The minimum atomic E-state index is 0.348. The number of hydrogen-bond donors (Lipinski definition) is 0. The third-order valence-electron chi connectivity index (χ3n) is 4.91. The number of unbranched alkanes of at least 4 members (excludes halogenated alkanes) is 1. The van der Waals surface area contributed by atoms with E-state index < -0.39 is 0 Å². The van der Waals surface area contributed by atoms with Gasteiger partial charge in [0.15, 0.2) is 5.76 Å². The van der Waals surface area contributed by atoms with Gasteiger partial charge in [-0.15, -0.1) is 0 Å². The summed E-state index contributed by atoms with van der Waals surface area (Å²) in [4.78, 5) is 2.50. The largest absolute Gasteiger partial charge is 0.494 e. The van der Waals surface area contributed by atoms with E-state index in [0.29, 0.717) is 12.0 Å². The number of benzene rings is 1. The van der Waals surface area contributed by atoms with Crippen molar-refractivity contribution in [2.45, 2.75) is 65.0 Å². The maximum Gasteiger partial charge on any atom is 0.154 e. The second-order valence-electron chi connectivity index (χ2n) is 7.28. The average molecular weight is 342 g/mol. The first-order valence-corrected chi connectivity index (χ1v) is 9.59. The van der Waals surface area contributed by atoms with E-state index in [4.69, 9.17) is 9.26 Å². The van der Waals surface area contributed by atoms with Crippen LogP contribution in [0.25, 0.3) is 0 Å². The smallest absolute Gasteiger partial charge is 0.154 e. The summed E-state index contributed by atoms with van der Waals surface area (Å²) < 4.78 is 11.4. The molecule has 1 aliphatic heterocycles. The molecule has 2 aromatic rings. The Labute approximate surface area is 151 Å². The van der Waals surface area contributed by atoms with Crippen LogP contribution in [0.2, 0.25) is 0 Å². The van der Waals surface area contributed by atoms with Crippen LogP contribution in [0.15, 0.2) is 34.9 Å². The van der Waals surface area contributed by atoms with Crippen LogP contribution in [0.1, 0.15) is 75.4 Å².